The van der Waals surface area contributed by atoms with Crippen molar-refractivity contribution in [2.45, 2.75) is 0 Å². The van der Waals surface area contributed by atoms with Crippen LogP contribution in [-0.2, 0) is 0 Å². The molecule has 0 saturated carbocycles. The smallest absolute Gasteiger partial charge is 0.235 e. The molecule has 23 heavy (non-hydrogen) atoms. The van der Waals surface area contributed by atoms with Crippen molar-refractivity contribution in [3.05, 3.63) is 51.6 Å². The summed E-state index contributed by atoms with van der Waals surface area (Å²) in [6.07, 6.45) is 0. The van der Waals surface area contributed by atoms with Gasteiger partial charge in [0.05, 0.1) is 19.6 Å². The Bertz CT molecular complexity index is 946. The lowest BCUT2D eigenvalue weighted by molar-refractivity contribution is 0.355. The van der Waals surface area contributed by atoms with E-state index in [-0.39, 0.29) is 11.1 Å². The van der Waals surface area contributed by atoms with Crippen LogP contribution in [0.2, 0.25) is 5.02 Å². The van der Waals surface area contributed by atoms with Crippen molar-refractivity contribution in [2.24, 2.45) is 0 Å². The molecule has 0 radical (unpaired) electrons. The Balaban J connectivity index is 2.26. The largest absolute Gasteiger partial charge is 0.502 e. The van der Waals surface area contributed by atoms with Gasteiger partial charge in [0, 0.05) is 10.6 Å². The van der Waals surface area contributed by atoms with Crippen LogP contribution >= 0.6 is 11.6 Å². The van der Waals surface area contributed by atoms with Crippen molar-refractivity contribution in [1.29, 1.82) is 0 Å². The van der Waals surface area contributed by atoms with E-state index in [1.165, 1.54) is 20.3 Å². The van der Waals surface area contributed by atoms with E-state index in [1.54, 1.807) is 30.3 Å². The first kappa shape index (κ1) is 15.2. The fourth-order valence-electron chi connectivity index (χ4n) is 2.33. The number of benzene rings is 2. The maximum atomic E-state index is 12.3. The summed E-state index contributed by atoms with van der Waals surface area (Å²) in [5.74, 6) is 0.576. The Morgan fingerprint density at radius 3 is 2.48 bits per heavy atom. The molecular formula is C17H13ClO5. The average Bonchev–Trinajstić information content (AvgIpc) is 2.58. The molecule has 0 fully saturated rings. The third-order valence-electron chi connectivity index (χ3n) is 3.47. The molecule has 0 atom stereocenters. The van der Waals surface area contributed by atoms with Gasteiger partial charge in [-0.3, -0.25) is 4.79 Å². The van der Waals surface area contributed by atoms with E-state index in [1.807, 2.05) is 0 Å². The van der Waals surface area contributed by atoms with E-state index in [9.17, 15) is 9.90 Å². The van der Waals surface area contributed by atoms with Gasteiger partial charge in [-0.15, -0.1) is 0 Å². The van der Waals surface area contributed by atoms with E-state index in [0.717, 1.165) is 0 Å². The number of hydrogen-bond acceptors (Lipinski definition) is 5. The van der Waals surface area contributed by atoms with Crippen LogP contribution < -0.4 is 14.9 Å². The summed E-state index contributed by atoms with van der Waals surface area (Å²) in [7, 11) is 3.02. The summed E-state index contributed by atoms with van der Waals surface area (Å²) in [6.45, 7) is 0. The monoisotopic (exact) mass is 332 g/mol. The summed E-state index contributed by atoms with van der Waals surface area (Å²) in [5.41, 5.74) is 0.287. The molecule has 0 aliphatic carbocycles. The van der Waals surface area contributed by atoms with Crippen molar-refractivity contribution in [2.75, 3.05) is 14.2 Å². The molecule has 3 rings (SSSR count). The number of rotatable bonds is 3. The molecule has 3 aromatic rings. The SMILES string of the molecule is COc1ccc(-c2oc3ccc(Cl)cc3c(=O)c2O)cc1OC. The molecule has 0 saturated heterocycles. The van der Waals surface area contributed by atoms with Gasteiger partial charge >= 0.3 is 0 Å². The minimum absolute atomic E-state index is 0.0609. The highest BCUT2D eigenvalue weighted by atomic mass is 35.5. The predicted molar refractivity (Wildman–Crippen MR) is 87.7 cm³/mol. The van der Waals surface area contributed by atoms with Gasteiger partial charge in [0.1, 0.15) is 5.58 Å². The molecule has 118 valence electrons. The van der Waals surface area contributed by atoms with Gasteiger partial charge in [-0.05, 0) is 36.4 Å². The van der Waals surface area contributed by atoms with Crippen molar-refractivity contribution in [3.8, 4) is 28.6 Å². The van der Waals surface area contributed by atoms with Gasteiger partial charge in [0.25, 0.3) is 0 Å². The highest BCUT2D eigenvalue weighted by molar-refractivity contribution is 6.31. The quantitative estimate of drug-likeness (QED) is 0.789. The Morgan fingerprint density at radius 2 is 1.78 bits per heavy atom. The van der Waals surface area contributed by atoms with E-state index in [0.29, 0.717) is 27.7 Å². The third-order valence-corrected chi connectivity index (χ3v) is 3.71. The Morgan fingerprint density at radius 1 is 1.04 bits per heavy atom. The third kappa shape index (κ3) is 2.59. The van der Waals surface area contributed by atoms with Crippen molar-refractivity contribution >= 4 is 22.6 Å². The molecule has 1 N–H and O–H groups in total. The molecule has 5 nitrogen and oxygen atoms in total. The standard InChI is InChI=1S/C17H13ClO5/c1-21-13-5-3-9(7-14(13)22-2)17-16(20)15(19)11-8-10(18)4-6-12(11)23-17/h3-8,20H,1-2H3. The maximum Gasteiger partial charge on any atom is 0.235 e. The Labute approximate surface area is 136 Å². The van der Waals surface area contributed by atoms with Crippen LogP contribution in [0.15, 0.2) is 45.6 Å². The Kier molecular flexibility index (Phi) is 3.88. The van der Waals surface area contributed by atoms with Gasteiger partial charge in [-0.25, -0.2) is 0 Å². The molecule has 0 aliphatic heterocycles. The minimum atomic E-state index is -0.543. The molecule has 0 amide bonds. The van der Waals surface area contributed by atoms with Crippen LogP contribution in [0, 0.1) is 0 Å². The first-order chi connectivity index (χ1) is 11.0. The molecular weight excluding hydrogens is 320 g/mol. The lowest BCUT2D eigenvalue weighted by Gasteiger charge is -2.10. The van der Waals surface area contributed by atoms with Crippen LogP contribution in [0.1, 0.15) is 0 Å². The van der Waals surface area contributed by atoms with E-state index in [4.69, 9.17) is 25.5 Å². The average molecular weight is 333 g/mol. The number of methoxy groups -OCH3 is 2. The van der Waals surface area contributed by atoms with Crippen LogP contribution in [0.5, 0.6) is 17.2 Å². The van der Waals surface area contributed by atoms with E-state index in [2.05, 4.69) is 0 Å². The van der Waals surface area contributed by atoms with Crippen LogP contribution in [0.25, 0.3) is 22.3 Å². The van der Waals surface area contributed by atoms with Crippen molar-refractivity contribution < 1.29 is 19.0 Å². The summed E-state index contributed by atoms with van der Waals surface area (Å²) >= 11 is 5.88. The van der Waals surface area contributed by atoms with Crippen molar-refractivity contribution in [3.63, 3.8) is 0 Å². The summed E-state index contributed by atoms with van der Waals surface area (Å²) in [6, 6.07) is 9.62. The van der Waals surface area contributed by atoms with Crippen LogP contribution in [0.4, 0.5) is 0 Å². The molecule has 1 aromatic heterocycles. The number of fused-ring (bicyclic) bond motifs is 1. The molecule has 2 aromatic carbocycles. The highest BCUT2D eigenvalue weighted by Crippen LogP contribution is 2.36. The molecule has 0 bridgehead atoms. The molecule has 0 spiro atoms. The summed E-state index contributed by atoms with van der Waals surface area (Å²) in [5, 5.41) is 10.8. The van der Waals surface area contributed by atoms with Crippen LogP contribution in [-0.4, -0.2) is 19.3 Å². The van der Waals surface area contributed by atoms with Gasteiger partial charge in [-0.2, -0.15) is 0 Å². The van der Waals surface area contributed by atoms with Gasteiger partial charge in [-0.1, -0.05) is 11.6 Å². The zero-order valence-electron chi connectivity index (χ0n) is 12.4. The second-order valence-electron chi connectivity index (χ2n) is 4.82. The molecule has 6 heteroatoms. The van der Waals surface area contributed by atoms with Gasteiger partial charge in [0.2, 0.25) is 11.2 Å². The number of aromatic hydroxyl groups is 1. The number of ether oxygens (including phenoxy) is 2. The predicted octanol–water partition coefficient (Wildman–Crippen LogP) is 3.84. The molecule has 1 heterocycles. The lowest BCUT2D eigenvalue weighted by Crippen LogP contribution is -2.02. The first-order valence-electron chi connectivity index (χ1n) is 6.73. The lowest BCUT2D eigenvalue weighted by atomic mass is 10.1. The fourth-order valence-corrected chi connectivity index (χ4v) is 2.50. The van der Waals surface area contributed by atoms with E-state index < -0.39 is 11.2 Å². The first-order valence-corrected chi connectivity index (χ1v) is 7.10. The maximum absolute atomic E-state index is 12.3. The topological polar surface area (TPSA) is 68.9 Å². The van der Waals surface area contributed by atoms with Crippen LogP contribution in [0.3, 0.4) is 0 Å². The second kappa shape index (κ2) is 5.85. The normalized spacial score (nSPS) is 10.7. The van der Waals surface area contributed by atoms with Crippen molar-refractivity contribution in [1.82, 2.24) is 0 Å². The zero-order valence-corrected chi connectivity index (χ0v) is 13.2. The highest BCUT2D eigenvalue weighted by Gasteiger charge is 2.17. The molecule has 0 unspecified atom stereocenters. The fraction of sp³-hybridized carbons (Fsp3) is 0.118. The van der Waals surface area contributed by atoms with E-state index >= 15 is 0 Å². The zero-order chi connectivity index (χ0) is 16.6. The number of hydrogen-bond donors (Lipinski definition) is 1. The Hall–Kier alpha value is -2.66. The van der Waals surface area contributed by atoms with Gasteiger partial charge in [0.15, 0.2) is 17.3 Å². The van der Waals surface area contributed by atoms with Gasteiger partial charge < -0.3 is 19.0 Å². The summed E-state index contributed by atoms with van der Waals surface area (Å²) < 4.78 is 16.1. The summed E-state index contributed by atoms with van der Waals surface area (Å²) in [4.78, 5) is 12.3. The number of halogens is 1. The minimum Gasteiger partial charge on any atom is -0.502 e. The molecule has 0 aliphatic rings. The second-order valence-corrected chi connectivity index (χ2v) is 5.26.